The zero-order valence-electron chi connectivity index (χ0n) is 8.36. The molecule has 0 unspecified atom stereocenters. The van der Waals surface area contributed by atoms with Gasteiger partial charge in [-0.2, -0.15) is 0 Å². The number of rotatable bonds is 4. The summed E-state index contributed by atoms with van der Waals surface area (Å²) in [5.41, 5.74) is 0.939. The first-order valence-electron chi connectivity index (χ1n) is 4.87. The molecule has 1 heterocycles. The molecular weight excluding hydrogens is 184 g/mol. The smallest absolute Gasteiger partial charge is 0.284 e. The largest absolute Gasteiger partial charge is 0.466 e. The maximum absolute atomic E-state index is 5.40. The van der Waals surface area contributed by atoms with E-state index in [0.29, 0.717) is 19.2 Å². The summed E-state index contributed by atoms with van der Waals surface area (Å²) in [6.07, 6.45) is 3.63. The van der Waals surface area contributed by atoms with Crippen LogP contribution in [-0.2, 0) is 19.2 Å². The van der Waals surface area contributed by atoms with Gasteiger partial charge in [0.05, 0.1) is 18.8 Å². The van der Waals surface area contributed by atoms with Gasteiger partial charge in [-0.15, -0.1) is 0 Å². The Kier molecular flexibility index (Phi) is 2.74. The summed E-state index contributed by atoms with van der Waals surface area (Å²) in [6, 6.07) is 0. The van der Waals surface area contributed by atoms with Gasteiger partial charge in [0.1, 0.15) is 12.2 Å². The van der Waals surface area contributed by atoms with Crippen molar-refractivity contribution >= 4 is 0 Å². The SMILES string of the molecule is CCOC(OCC)=C1[C@@H]2C=C[C@H]1OO2. The van der Waals surface area contributed by atoms with Crippen molar-refractivity contribution in [1.82, 2.24) is 0 Å². The lowest BCUT2D eigenvalue weighted by molar-refractivity contribution is -0.286. The molecule has 4 nitrogen and oxygen atoms in total. The molecule has 1 aliphatic carbocycles. The molecule has 0 amide bonds. The minimum absolute atomic E-state index is 0.131. The van der Waals surface area contributed by atoms with Gasteiger partial charge < -0.3 is 9.47 Å². The molecule has 2 rings (SSSR count). The molecule has 2 atom stereocenters. The third-order valence-electron chi connectivity index (χ3n) is 2.12. The molecule has 0 saturated carbocycles. The summed E-state index contributed by atoms with van der Waals surface area (Å²) < 4.78 is 10.8. The Morgan fingerprint density at radius 2 is 1.64 bits per heavy atom. The first kappa shape index (κ1) is 9.55. The molecule has 78 valence electrons. The highest BCUT2D eigenvalue weighted by molar-refractivity contribution is 5.34. The molecule has 4 heteroatoms. The quantitative estimate of drug-likeness (QED) is 0.390. The standard InChI is InChI=1S/C10H14O4/c1-3-11-10(12-4-2)9-7-5-6-8(9)14-13-7/h5-8H,3-4H2,1-2H3/t7-,8+. The van der Waals surface area contributed by atoms with Crippen LogP contribution in [0.2, 0.25) is 0 Å². The molecule has 2 bridgehead atoms. The molecule has 0 N–H and O–H groups in total. The number of hydrogen-bond acceptors (Lipinski definition) is 4. The first-order valence-corrected chi connectivity index (χ1v) is 4.87. The van der Waals surface area contributed by atoms with E-state index in [2.05, 4.69) is 0 Å². The van der Waals surface area contributed by atoms with Gasteiger partial charge >= 0.3 is 0 Å². The fraction of sp³-hybridized carbons (Fsp3) is 0.600. The van der Waals surface area contributed by atoms with Crippen LogP contribution in [-0.4, -0.2) is 25.4 Å². The lowest BCUT2D eigenvalue weighted by atomic mass is 10.2. The van der Waals surface area contributed by atoms with Crippen LogP contribution in [0.25, 0.3) is 0 Å². The van der Waals surface area contributed by atoms with E-state index >= 15 is 0 Å². The van der Waals surface area contributed by atoms with Crippen molar-refractivity contribution in [2.45, 2.75) is 26.1 Å². The fourth-order valence-corrected chi connectivity index (χ4v) is 1.56. The van der Waals surface area contributed by atoms with Crippen molar-refractivity contribution in [1.29, 1.82) is 0 Å². The van der Waals surface area contributed by atoms with Crippen molar-refractivity contribution in [3.8, 4) is 0 Å². The zero-order valence-corrected chi connectivity index (χ0v) is 8.36. The van der Waals surface area contributed by atoms with E-state index in [1.807, 2.05) is 26.0 Å². The lowest BCUT2D eigenvalue weighted by Crippen LogP contribution is -2.10. The van der Waals surface area contributed by atoms with Gasteiger partial charge in [-0.05, 0) is 26.0 Å². The normalized spacial score (nSPS) is 28.3. The second-order valence-corrected chi connectivity index (χ2v) is 3.03. The Balaban J connectivity index is 2.18. The third kappa shape index (κ3) is 1.51. The van der Waals surface area contributed by atoms with Gasteiger partial charge in [0.25, 0.3) is 5.95 Å². The second-order valence-electron chi connectivity index (χ2n) is 3.03. The van der Waals surface area contributed by atoms with Crippen LogP contribution in [0.15, 0.2) is 23.7 Å². The van der Waals surface area contributed by atoms with Crippen LogP contribution in [0, 0.1) is 0 Å². The van der Waals surface area contributed by atoms with E-state index < -0.39 is 0 Å². The van der Waals surface area contributed by atoms with Crippen LogP contribution < -0.4 is 0 Å². The Hall–Kier alpha value is -1.00. The maximum atomic E-state index is 5.40. The summed E-state index contributed by atoms with van der Waals surface area (Å²) in [4.78, 5) is 10.1. The van der Waals surface area contributed by atoms with Crippen molar-refractivity contribution in [2.24, 2.45) is 0 Å². The van der Waals surface area contributed by atoms with Gasteiger partial charge in [-0.3, -0.25) is 0 Å². The summed E-state index contributed by atoms with van der Waals surface area (Å²) >= 11 is 0. The van der Waals surface area contributed by atoms with Crippen molar-refractivity contribution < 1.29 is 19.2 Å². The van der Waals surface area contributed by atoms with Crippen LogP contribution in [0.4, 0.5) is 0 Å². The van der Waals surface area contributed by atoms with Gasteiger partial charge in [-0.1, -0.05) is 0 Å². The predicted molar refractivity (Wildman–Crippen MR) is 49.2 cm³/mol. The van der Waals surface area contributed by atoms with Gasteiger partial charge in [0.2, 0.25) is 0 Å². The van der Waals surface area contributed by atoms with E-state index in [1.54, 1.807) is 0 Å². The average molecular weight is 198 g/mol. The molecule has 0 aromatic heterocycles. The van der Waals surface area contributed by atoms with Crippen molar-refractivity contribution in [3.05, 3.63) is 23.7 Å². The first-order chi connectivity index (χ1) is 6.86. The number of hydrogen-bond donors (Lipinski definition) is 0. The van der Waals surface area contributed by atoms with Gasteiger partial charge in [-0.25, -0.2) is 9.78 Å². The van der Waals surface area contributed by atoms with E-state index in [4.69, 9.17) is 19.2 Å². The van der Waals surface area contributed by atoms with Crippen LogP contribution in [0.3, 0.4) is 0 Å². The topological polar surface area (TPSA) is 36.9 Å². The molecular formula is C10H14O4. The third-order valence-corrected chi connectivity index (χ3v) is 2.12. The molecule has 0 spiro atoms. The summed E-state index contributed by atoms with van der Waals surface area (Å²) in [6.45, 7) is 5.01. The Morgan fingerprint density at radius 1 is 1.14 bits per heavy atom. The Bertz CT molecular complexity index is 245. The molecule has 1 saturated heterocycles. The molecule has 2 aliphatic rings. The van der Waals surface area contributed by atoms with Crippen molar-refractivity contribution in [3.63, 3.8) is 0 Å². The zero-order chi connectivity index (χ0) is 9.97. The highest BCUT2D eigenvalue weighted by Crippen LogP contribution is 2.34. The van der Waals surface area contributed by atoms with Crippen LogP contribution >= 0.6 is 0 Å². The van der Waals surface area contributed by atoms with E-state index in [9.17, 15) is 0 Å². The average Bonchev–Trinajstić information content (AvgIpc) is 2.76. The Morgan fingerprint density at radius 3 is 2.00 bits per heavy atom. The highest BCUT2D eigenvalue weighted by atomic mass is 17.2. The minimum atomic E-state index is -0.131. The molecule has 0 aromatic rings. The monoisotopic (exact) mass is 198 g/mol. The predicted octanol–water partition coefficient (Wildman–Crippen LogP) is 1.54. The van der Waals surface area contributed by atoms with Crippen LogP contribution in [0.1, 0.15) is 13.8 Å². The highest BCUT2D eigenvalue weighted by Gasteiger charge is 2.40. The van der Waals surface area contributed by atoms with Crippen molar-refractivity contribution in [2.75, 3.05) is 13.2 Å². The molecule has 0 aromatic carbocycles. The Labute approximate surface area is 83.0 Å². The molecule has 14 heavy (non-hydrogen) atoms. The van der Waals surface area contributed by atoms with E-state index in [0.717, 1.165) is 5.57 Å². The minimum Gasteiger partial charge on any atom is -0.466 e. The number of ether oxygens (including phenoxy) is 2. The van der Waals surface area contributed by atoms with Gasteiger partial charge in [0, 0.05) is 0 Å². The maximum Gasteiger partial charge on any atom is 0.284 e. The lowest BCUT2D eigenvalue weighted by Gasteiger charge is -2.12. The molecule has 1 aliphatic heterocycles. The second kappa shape index (κ2) is 4.02. The number of fused-ring (bicyclic) bond motifs is 2. The molecule has 1 fully saturated rings. The summed E-state index contributed by atoms with van der Waals surface area (Å²) in [5.74, 6) is 0.549. The molecule has 0 radical (unpaired) electrons. The van der Waals surface area contributed by atoms with Crippen LogP contribution in [0.5, 0.6) is 0 Å². The fourth-order valence-electron chi connectivity index (χ4n) is 1.56. The van der Waals surface area contributed by atoms with E-state index in [1.165, 1.54) is 0 Å². The van der Waals surface area contributed by atoms with Gasteiger partial charge in [0.15, 0.2) is 0 Å². The summed E-state index contributed by atoms with van der Waals surface area (Å²) in [7, 11) is 0. The van der Waals surface area contributed by atoms with E-state index in [-0.39, 0.29) is 12.2 Å². The summed E-state index contributed by atoms with van der Waals surface area (Å²) in [5, 5.41) is 0.